The molecule has 1 aliphatic rings. The summed E-state index contributed by atoms with van der Waals surface area (Å²) in [4.78, 5) is 35.2. The quantitative estimate of drug-likeness (QED) is 0.659. The predicted molar refractivity (Wildman–Crippen MR) is 65.5 cm³/mol. The van der Waals surface area contributed by atoms with Gasteiger partial charge in [0, 0.05) is 13.0 Å². The Morgan fingerprint density at radius 2 is 1.95 bits per heavy atom. The number of hydrogen-bond donors (Lipinski definition) is 3. The number of urea groups is 1. The highest BCUT2D eigenvalue weighted by atomic mass is 16.6. The lowest BCUT2D eigenvalue weighted by molar-refractivity contribution is -0.144. The van der Waals surface area contributed by atoms with Crippen molar-refractivity contribution in [1.82, 2.24) is 10.2 Å². The zero-order valence-electron chi connectivity index (χ0n) is 11.2. The van der Waals surface area contributed by atoms with Gasteiger partial charge < -0.3 is 25.8 Å². The number of likely N-dealkylation sites (tertiary alicyclic amines) is 1. The van der Waals surface area contributed by atoms with Crippen LogP contribution < -0.4 is 11.1 Å². The molecule has 1 atom stereocenters. The van der Waals surface area contributed by atoms with E-state index in [9.17, 15) is 19.5 Å². The molecule has 8 heteroatoms. The number of alkyl carbamates (subject to hydrolysis) is 1. The molecule has 0 bridgehead atoms. The minimum Gasteiger partial charge on any atom is -0.479 e. The standard InChI is InChI=1S/C11H19N3O5/c1-10(2,3)19-9(18)13-11(7(15)16)4-5-14(6-11)8(12)17/h4-6H2,1-3H3,(H2,12,17)(H,13,18)(H,15,16). The Labute approximate surface area is 110 Å². The zero-order chi connectivity index (χ0) is 14.8. The van der Waals surface area contributed by atoms with Crippen molar-refractivity contribution in [3.8, 4) is 0 Å². The Morgan fingerprint density at radius 3 is 2.32 bits per heavy atom. The SMILES string of the molecule is CC(C)(C)OC(=O)NC1(C(=O)O)CCN(C(N)=O)C1. The second kappa shape index (κ2) is 4.94. The van der Waals surface area contributed by atoms with Crippen LogP contribution in [0.15, 0.2) is 0 Å². The number of carboxylic acid groups (broad SMARTS) is 1. The monoisotopic (exact) mass is 273 g/mol. The highest BCUT2D eigenvalue weighted by Gasteiger charge is 2.48. The topological polar surface area (TPSA) is 122 Å². The molecule has 1 aliphatic heterocycles. The number of ether oxygens (including phenoxy) is 1. The van der Waals surface area contributed by atoms with Crippen LogP contribution in [-0.4, -0.2) is 52.3 Å². The third-order valence-electron chi connectivity index (χ3n) is 2.73. The van der Waals surface area contributed by atoms with Gasteiger partial charge in [0.2, 0.25) is 0 Å². The summed E-state index contributed by atoms with van der Waals surface area (Å²) in [5.41, 5.74) is 2.83. The number of carbonyl (C=O) groups is 3. The van der Waals surface area contributed by atoms with Crippen LogP contribution in [0.5, 0.6) is 0 Å². The predicted octanol–water partition coefficient (Wildman–Crippen LogP) is 0.119. The Bertz CT molecular complexity index is 404. The molecular formula is C11H19N3O5. The number of amides is 3. The summed E-state index contributed by atoms with van der Waals surface area (Å²) >= 11 is 0. The lowest BCUT2D eigenvalue weighted by atomic mass is 9.99. The van der Waals surface area contributed by atoms with E-state index < -0.39 is 29.2 Å². The molecule has 1 heterocycles. The van der Waals surface area contributed by atoms with Gasteiger partial charge in [-0.25, -0.2) is 14.4 Å². The van der Waals surface area contributed by atoms with Crippen molar-refractivity contribution < 1.29 is 24.2 Å². The van der Waals surface area contributed by atoms with Crippen molar-refractivity contribution in [2.75, 3.05) is 13.1 Å². The van der Waals surface area contributed by atoms with Crippen LogP contribution in [0.1, 0.15) is 27.2 Å². The summed E-state index contributed by atoms with van der Waals surface area (Å²) in [6.07, 6.45) is -0.744. The van der Waals surface area contributed by atoms with Crippen molar-refractivity contribution in [1.29, 1.82) is 0 Å². The van der Waals surface area contributed by atoms with E-state index in [2.05, 4.69) is 5.32 Å². The maximum Gasteiger partial charge on any atom is 0.408 e. The molecular weight excluding hydrogens is 254 g/mol. The maximum absolute atomic E-state index is 11.7. The van der Waals surface area contributed by atoms with E-state index in [1.54, 1.807) is 20.8 Å². The first-order chi connectivity index (χ1) is 8.56. The van der Waals surface area contributed by atoms with Gasteiger partial charge in [0.1, 0.15) is 5.60 Å². The van der Waals surface area contributed by atoms with Crippen LogP contribution >= 0.6 is 0 Å². The fourth-order valence-electron chi connectivity index (χ4n) is 1.83. The second-order valence-corrected chi connectivity index (χ2v) is 5.52. The number of nitrogens with one attached hydrogen (secondary N) is 1. The number of aliphatic carboxylic acids is 1. The van der Waals surface area contributed by atoms with Crippen LogP contribution in [0.3, 0.4) is 0 Å². The minimum atomic E-state index is -1.54. The summed E-state index contributed by atoms with van der Waals surface area (Å²) in [7, 11) is 0. The number of nitrogens with two attached hydrogens (primary N) is 1. The highest BCUT2D eigenvalue weighted by Crippen LogP contribution is 2.22. The zero-order valence-corrected chi connectivity index (χ0v) is 11.2. The molecule has 19 heavy (non-hydrogen) atoms. The van der Waals surface area contributed by atoms with E-state index in [1.807, 2.05) is 0 Å². The Balaban J connectivity index is 2.78. The summed E-state index contributed by atoms with van der Waals surface area (Å²) in [6.45, 7) is 5.02. The molecule has 0 aromatic carbocycles. The lowest BCUT2D eigenvalue weighted by Crippen LogP contribution is -2.57. The molecule has 1 rings (SSSR count). The Hall–Kier alpha value is -1.99. The average Bonchev–Trinajstić information content (AvgIpc) is 2.60. The normalized spacial score (nSPS) is 23.0. The first kappa shape index (κ1) is 15.1. The van der Waals surface area contributed by atoms with E-state index in [-0.39, 0.29) is 19.5 Å². The van der Waals surface area contributed by atoms with Crippen LogP contribution in [0, 0.1) is 0 Å². The van der Waals surface area contributed by atoms with Crippen molar-refractivity contribution in [3.05, 3.63) is 0 Å². The number of nitrogens with zero attached hydrogens (tertiary/aromatic N) is 1. The number of rotatable bonds is 2. The van der Waals surface area contributed by atoms with E-state index in [4.69, 9.17) is 10.5 Å². The molecule has 0 spiro atoms. The molecule has 1 saturated heterocycles. The molecule has 0 radical (unpaired) electrons. The number of carboxylic acids is 1. The van der Waals surface area contributed by atoms with Gasteiger partial charge in [0.25, 0.3) is 0 Å². The molecule has 1 unspecified atom stereocenters. The minimum absolute atomic E-state index is 0.0878. The fraction of sp³-hybridized carbons (Fsp3) is 0.727. The van der Waals surface area contributed by atoms with Crippen molar-refractivity contribution in [3.63, 3.8) is 0 Å². The number of carbonyl (C=O) groups excluding carboxylic acids is 2. The molecule has 0 aromatic rings. The third kappa shape index (κ3) is 3.73. The number of hydrogen-bond acceptors (Lipinski definition) is 4. The van der Waals surface area contributed by atoms with E-state index in [1.165, 1.54) is 4.90 Å². The molecule has 1 fully saturated rings. The van der Waals surface area contributed by atoms with Gasteiger partial charge in [-0.05, 0) is 20.8 Å². The van der Waals surface area contributed by atoms with E-state index in [0.29, 0.717) is 0 Å². The first-order valence-electron chi connectivity index (χ1n) is 5.85. The smallest absolute Gasteiger partial charge is 0.408 e. The molecule has 0 aliphatic carbocycles. The van der Waals surface area contributed by atoms with Gasteiger partial charge in [-0.2, -0.15) is 0 Å². The van der Waals surface area contributed by atoms with Crippen LogP contribution in [0.25, 0.3) is 0 Å². The van der Waals surface area contributed by atoms with Crippen molar-refractivity contribution in [2.24, 2.45) is 5.73 Å². The summed E-state index contributed by atoms with van der Waals surface area (Å²) in [5, 5.41) is 11.6. The molecule has 0 saturated carbocycles. The van der Waals surface area contributed by atoms with Gasteiger partial charge in [0.15, 0.2) is 5.54 Å². The molecule has 0 aromatic heterocycles. The van der Waals surface area contributed by atoms with Crippen LogP contribution in [-0.2, 0) is 9.53 Å². The largest absolute Gasteiger partial charge is 0.479 e. The van der Waals surface area contributed by atoms with Crippen molar-refractivity contribution in [2.45, 2.75) is 38.3 Å². The maximum atomic E-state index is 11.7. The molecule has 8 nitrogen and oxygen atoms in total. The molecule has 4 N–H and O–H groups in total. The fourth-order valence-corrected chi connectivity index (χ4v) is 1.83. The summed E-state index contributed by atoms with van der Waals surface area (Å²) in [6, 6.07) is -0.714. The van der Waals surface area contributed by atoms with Gasteiger partial charge in [-0.15, -0.1) is 0 Å². The second-order valence-electron chi connectivity index (χ2n) is 5.52. The van der Waals surface area contributed by atoms with Gasteiger partial charge in [0.05, 0.1) is 6.54 Å². The van der Waals surface area contributed by atoms with Crippen LogP contribution in [0.2, 0.25) is 0 Å². The molecule has 108 valence electrons. The Kier molecular flexibility index (Phi) is 3.92. The van der Waals surface area contributed by atoms with Gasteiger partial charge in [-0.3, -0.25) is 0 Å². The highest BCUT2D eigenvalue weighted by molar-refractivity contribution is 5.86. The third-order valence-corrected chi connectivity index (χ3v) is 2.73. The number of primary amides is 1. The molecule has 3 amide bonds. The van der Waals surface area contributed by atoms with Gasteiger partial charge in [-0.1, -0.05) is 0 Å². The van der Waals surface area contributed by atoms with Gasteiger partial charge >= 0.3 is 18.1 Å². The van der Waals surface area contributed by atoms with E-state index >= 15 is 0 Å². The van der Waals surface area contributed by atoms with Crippen LogP contribution in [0.4, 0.5) is 9.59 Å². The van der Waals surface area contributed by atoms with Crippen molar-refractivity contribution >= 4 is 18.1 Å². The first-order valence-corrected chi connectivity index (χ1v) is 5.85. The average molecular weight is 273 g/mol. The summed E-state index contributed by atoms with van der Waals surface area (Å²) in [5.74, 6) is -1.22. The Morgan fingerprint density at radius 1 is 1.37 bits per heavy atom. The summed E-state index contributed by atoms with van der Waals surface area (Å²) < 4.78 is 5.02. The lowest BCUT2D eigenvalue weighted by Gasteiger charge is -2.28. The van der Waals surface area contributed by atoms with E-state index in [0.717, 1.165) is 0 Å².